The minimum Gasteiger partial charge on any atom is -0.395 e. The number of aliphatic hydroxyl groups excluding tert-OH is 2. The first-order chi connectivity index (χ1) is 28.3. The molecule has 3 heterocycles. The van der Waals surface area contributed by atoms with Crippen molar-refractivity contribution in [3.8, 4) is 0 Å². The van der Waals surface area contributed by atoms with Crippen LogP contribution in [0.4, 0.5) is 62.0 Å². The number of hydrogen-bond acceptors (Lipinski definition) is 21. The lowest BCUT2D eigenvalue weighted by Crippen LogP contribution is -2.31. The average molecular weight is 889 g/mol. The van der Waals surface area contributed by atoms with E-state index in [1.54, 1.807) is 11.0 Å². The van der Waals surface area contributed by atoms with Crippen molar-refractivity contribution in [3.63, 3.8) is 0 Å². The van der Waals surface area contributed by atoms with Gasteiger partial charge in [0.2, 0.25) is 17.8 Å². The molecule has 24 heteroatoms. The molecule has 316 valence electrons. The summed E-state index contributed by atoms with van der Waals surface area (Å²) in [6.07, 6.45) is 0. The van der Waals surface area contributed by atoms with Gasteiger partial charge in [-0.25, -0.2) is 0 Å². The Morgan fingerprint density at radius 1 is 0.678 bits per heavy atom. The minimum atomic E-state index is -4.51. The molecule has 0 bridgehead atoms. The van der Waals surface area contributed by atoms with Crippen LogP contribution in [0.25, 0.3) is 0 Å². The predicted molar refractivity (Wildman–Crippen MR) is 229 cm³/mol. The van der Waals surface area contributed by atoms with E-state index in [4.69, 9.17) is 17.6 Å². The van der Waals surface area contributed by atoms with E-state index in [1.165, 1.54) is 22.8 Å². The van der Waals surface area contributed by atoms with Crippen LogP contribution in [0.5, 0.6) is 0 Å². The van der Waals surface area contributed by atoms with Gasteiger partial charge in [-0.05, 0) is 93.1 Å². The SMILES string of the molecule is CCN(CC)c1ccc(N=Nc2cccs2)c(Nc2nc(Nc3cc(N(CC)CC)ccc3N=Nc3sccc3S(=O)(=O)O)nc(N(CCO)CCO)n2)c1.O=S(=O)=O. The summed E-state index contributed by atoms with van der Waals surface area (Å²) in [5.74, 6) is 0.402. The highest BCUT2D eigenvalue weighted by Gasteiger charge is 2.19. The van der Waals surface area contributed by atoms with E-state index in [1.807, 2.05) is 61.7 Å². The van der Waals surface area contributed by atoms with Gasteiger partial charge in [0.05, 0.1) is 24.6 Å². The first-order valence-corrected chi connectivity index (χ1v) is 22.3. The fourth-order valence-corrected chi connectivity index (χ4v) is 7.69. The Morgan fingerprint density at radius 3 is 1.63 bits per heavy atom. The van der Waals surface area contributed by atoms with Crippen molar-refractivity contribution in [2.75, 3.05) is 77.8 Å². The maximum absolute atomic E-state index is 11.9. The Kier molecular flexibility index (Phi) is 17.7. The van der Waals surface area contributed by atoms with Gasteiger partial charge >= 0.3 is 10.6 Å². The van der Waals surface area contributed by atoms with Gasteiger partial charge < -0.3 is 35.5 Å². The van der Waals surface area contributed by atoms with E-state index < -0.39 is 20.7 Å². The van der Waals surface area contributed by atoms with Crippen LogP contribution in [0, 0.1) is 0 Å². The van der Waals surface area contributed by atoms with Gasteiger partial charge in [-0.3, -0.25) is 4.55 Å². The molecule has 5 rings (SSSR count). The van der Waals surface area contributed by atoms with Gasteiger partial charge in [0, 0.05) is 50.6 Å². The van der Waals surface area contributed by atoms with Crippen molar-refractivity contribution in [3.05, 3.63) is 65.4 Å². The van der Waals surface area contributed by atoms with Crippen LogP contribution in [-0.4, -0.2) is 103 Å². The molecular formula is C35H44N12O8S4. The number of azo groups is 2. The van der Waals surface area contributed by atoms with Gasteiger partial charge in [0.15, 0.2) is 5.00 Å². The lowest BCUT2D eigenvalue weighted by molar-refractivity contribution is 0.280. The largest absolute Gasteiger partial charge is 0.425 e. The van der Waals surface area contributed by atoms with Crippen LogP contribution < -0.4 is 25.3 Å². The lowest BCUT2D eigenvalue weighted by Gasteiger charge is -2.24. The smallest absolute Gasteiger partial charge is 0.395 e. The van der Waals surface area contributed by atoms with Gasteiger partial charge in [0.25, 0.3) is 10.1 Å². The third-order valence-corrected chi connectivity index (χ3v) is 10.8. The zero-order valence-electron chi connectivity index (χ0n) is 32.5. The number of aliphatic hydroxyl groups is 2. The van der Waals surface area contributed by atoms with Crippen LogP contribution in [0.1, 0.15) is 27.7 Å². The Morgan fingerprint density at radius 2 is 1.19 bits per heavy atom. The molecule has 0 spiro atoms. The number of thiophene rings is 2. The summed E-state index contributed by atoms with van der Waals surface area (Å²) < 4.78 is 58.9. The summed E-state index contributed by atoms with van der Waals surface area (Å²) in [6, 6.07) is 16.3. The molecule has 5 N–H and O–H groups in total. The quantitative estimate of drug-likeness (QED) is 0.0387. The number of nitrogens with zero attached hydrogens (tertiary/aromatic N) is 10. The van der Waals surface area contributed by atoms with Crippen LogP contribution in [0.2, 0.25) is 0 Å². The first kappa shape index (κ1) is 46.2. The summed E-state index contributed by atoms with van der Waals surface area (Å²) in [5, 5.41) is 48.0. The summed E-state index contributed by atoms with van der Waals surface area (Å²) in [7, 11) is -7.63. The minimum absolute atomic E-state index is 0.0119. The molecule has 5 aromatic rings. The fraction of sp³-hybridized carbons (Fsp3) is 0.343. The summed E-state index contributed by atoms with van der Waals surface area (Å²) in [4.78, 5) is 19.7. The van der Waals surface area contributed by atoms with Crippen molar-refractivity contribution in [1.82, 2.24) is 15.0 Å². The second-order valence-corrected chi connectivity index (χ2v) is 15.5. The monoisotopic (exact) mass is 888 g/mol. The molecule has 0 aliphatic heterocycles. The molecule has 0 amide bonds. The number of hydrogen-bond donors (Lipinski definition) is 5. The fourth-order valence-electron chi connectivity index (χ4n) is 5.49. The molecule has 0 radical (unpaired) electrons. The molecule has 0 fully saturated rings. The maximum atomic E-state index is 11.9. The highest BCUT2D eigenvalue weighted by atomic mass is 32.2. The van der Waals surface area contributed by atoms with Crippen LogP contribution >= 0.6 is 22.7 Å². The van der Waals surface area contributed by atoms with Crippen molar-refractivity contribution in [2.24, 2.45) is 20.5 Å². The molecular weight excluding hydrogens is 845 g/mol. The highest BCUT2D eigenvalue weighted by Crippen LogP contribution is 2.38. The van der Waals surface area contributed by atoms with Crippen LogP contribution in [-0.2, 0) is 20.7 Å². The van der Waals surface area contributed by atoms with E-state index in [-0.39, 0.29) is 54.0 Å². The van der Waals surface area contributed by atoms with E-state index in [2.05, 4.69) is 64.7 Å². The van der Waals surface area contributed by atoms with Crippen molar-refractivity contribution in [1.29, 1.82) is 0 Å². The van der Waals surface area contributed by atoms with E-state index >= 15 is 0 Å². The summed E-state index contributed by atoms with van der Waals surface area (Å²) >= 11 is 2.48. The normalized spacial score (nSPS) is 11.4. The molecule has 2 aromatic carbocycles. The van der Waals surface area contributed by atoms with Crippen LogP contribution in [0.15, 0.2) is 90.7 Å². The third-order valence-electron chi connectivity index (χ3n) is 8.26. The second-order valence-electron chi connectivity index (χ2n) is 11.8. The summed E-state index contributed by atoms with van der Waals surface area (Å²) in [5.41, 5.74) is 3.69. The Bertz CT molecular complexity index is 2400. The van der Waals surface area contributed by atoms with Crippen molar-refractivity contribution in [2.45, 2.75) is 32.6 Å². The number of benzene rings is 2. The number of anilines is 7. The third kappa shape index (κ3) is 13.5. The average Bonchev–Trinajstić information content (AvgIpc) is 3.91. The van der Waals surface area contributed by atoms with Gasteiger partial charge in [-0.1, -0.05) is 0 Å². The predicted octanol–water partition coefficient (Wildman–Crippen LogP) is 7.04. The molecule has 0 saturated carbocycles. The van der Waals surface area contributed by atoms with Crippen molar-refractivity contribution >= 4 is 105 Å². The topological polar surface area (TPSA) is 268 Å². The van der Waals surface area contributed by atoms with Crippen molar-refractivity contribution < 1.29 is 35.8 Å². The Labute approximate surface area is 350 Å². The van der Waals surface area contributed by atoms with E-state index in [0.29, 0.717) is 22.7 Å². The zero-order chi connectivity index (χ0) is 43.0. The molecule has 0 atom stereocenters. The first-order valence-electron chi connectivity index (χ1n) is 18.1. The highest BCUT2D eigenvalue weighted by molar-refractivity contribution is 7.86. The standard InChI is InChI=1S/C35H44N12O5S3.O3S/c1-5-45(6-2)24-11-13-26(41-43-31-10-9-20-53-31)28(22-24)36-33-38-34(40-35(39-33)47(16-18-48)17-19-49)37-29-23-25(46(7-3)8-4)12-14-27(29)42-44-32-30(15-21-54-32)55(50,51)52;1-4(2)3/h9-15,20-23,48-49H,5-8,16-19H2,1-4H3,(H,50,51,52)(H2,36,37,38,39,40);. The van der Waals surface area contributed by atoms with E-state index in [9.17, 15) is 23.2 Å². The van der Waals surface area contributed by atoms with E-state index in [0.717, 1.165) is 53.9 Å². The molecule has 0 aliphatic rings. The van der Waals surface area contributed by atoms with Gasteiger partial charge in [-0.2, -0.15) is 23.4 Å². The molecule has 59 heavy (non-hydrogen) atoms. The molecule has 0 unspecified atom stereocenters. The molecule has 20 nitrogen and oxygen atoms in total. The van der Waals surface area contributed by atoms with Gasteiger partial charge in [0.1, 0.15) is 21.3 Å². The number of aromatic nitrogens is 3. The molecule has 0 aliphatic carbocycles. The molecule has 3 aromatic heterocycles. The summed E-state index contributed by atoms with van der Waals surface area (Å²) in [6.45, 7) is 11.1. The Hall–Kier alpha value is -5.50. The molecule has 0 saturated heterocycles. The lowest BCUT2D eigenvalue weighted by atomic mass is 10.2. The maximum Gasteiger partial charge on any atom is 0.425 e. The second kappa shape index (κ2) is 22.6. The Balaban J connectivity index is 0.00000184. The number of rotatable bonds is 20. The van der Waals surface area contributed by atoms with Gasteiger partial charge in [-0.15, -0.1) is 55.8 Å². The number of nitrogens with one attached hydrogen (secondary N) is 2. The zero-order valence-corrected chi connectivity index (χ0v) is 35.8. The van der Waals surface area contributed by atoms with Crippen LogP contribution in [0.3, 0.4) is 0 Å².